The number of benzene rings is 2. The monoisotopic (exact) mass is 763 g/mol. The minimum Gasteiger partial charge on any atom is -0.512 e. The fourth-order valence-corrected chi connectivity index (χ4v) is 5.07. The van der Waals surface area contributed by atoms with Crippen molar-refractivity contribution in [3.05, 3.63) is 70.9 Å². The molecule has 0 aliphatic heterocycles. The molecule has 1 radical (unpaired) electrons. The maximum atomic E-state index is 11.7. The molecule has 43 heavy (non-hydrogen) atoms. The minimum atomic E-state index is -2.43. The summed E-state index contributed by atoms with van der Waals surface area (Å²) in [7, 11) is 0. The smallest absolute Gasteiger partial charge is 0.162 e. The average molecular weight is 763 g/mol. The van der Waals surface area contributed by atoms with E-state index >= 15 is 0 Å². The molecule has 0 amide bonds. The van der Waals surface area contributed by atoms with Gasteiger partial charge in [-0.1, -0.05) is 77.6 Å². The number of aliphatic hydroxyl groups excluding tert-OH is 1. The second-order valence-electron chi connectivity index (χ2n) is 11.9. The molecule has 2 aromatic carbocycles. The molecule has 0 saturated heterocycles. The third-order valence-corrected chi connectivity index (χ3v) is 7.93. The van der Waals surface area contributed by atoms with Crippen LogP contribution in [0.4, 0.5) is 0 Å². The first-order valence-electron chi connectivity index (χ1n) is 16.5. The van der Waals surface area contributed by atoms with Crippen molar-refractivity contribution in [1.82, 2.24) is 20.2 Å². The Morgan fingerprint density at radius 3 is 2.07 bits per heavy atom. The summed E-state index contributed by atoms with van der Waals surface area (Å²) in [6, 6.07) is 13.6. The van der Waals surface area contributed by atoms with Gasteiger partial charge in [0.25, 0.3) is 0 Å². The molecule has 7 heteroatoms. The average Bonchev–Trinajstić information content (AvgIpc) is 2.97. The van der Waals surface area contributed by atoms with Gasteiger partial charge in [0.15, 0.2) is 5.78 Å². The number of allylic oxidation sites excluding steroid dienone is 2. The number of ketones is 1. The molecule has 0 spiro atoms. The first kappa shape index (κ1) is 31.4. The van der Waals surface area contributed by atoms with Gasteiger partial charge in [-0.2, -0.15) is 10.2 Å². The molecule has 233 valence electrons. The van der Waals surface area contributed by atoms with Crippen LogP contribution < -0.4 is 0 Å². The second-order valence-corrected chi connectivity index (χ2v) is 11.9. The Morgan fingerprint density at radius 2 is 1.51 bits per heavy atom. The van der Waals surface area contributed by atoms with Crippen LogP contribution in [0.25, 0.3) is 33.1 Å². The third kappa shape index (κ3) is 8.55. The van der Waals surface area contributed by atoms with Crippen molar-refractivity contribution >= 4 is 27.6 Å². The van der Waals surface area contributed by atoms with Gasteiger partial charge in [-0.15, -0.1) is 29.1 Å². The van der Waals surface area contributed by atoms with Crippen molar-refractivity contribution in [2.45, 2.75) is 100 Å². The predicted octanol–water partition coefficient (Wildman–Crippen LogP) is 9.13. The number of aryl methyl sites for hydroxylation is 3. The van der Waals surface area contributed by atoms with E-state index in [0.29, 0.717) is 16.9 Å². The molecular formula is C36H47IrN4O2-. The maximum Gasteiger partial charge on any atom is 0.162 e. The van der Waals surface area contributed by atoms with Gasteiger partial charge in [0.2, 0.25) is 0 Å². The van der Waals surface area contributed by atoms with Crippen LogP contribution in [0.5, 0.6) is 0 Å². The number of hydrogen-bond acceptors (Lipinski definition) is 6. The zero-order valence-corrected chi connectivity index (χ0v) is 29.3. The van der Waals surface area contributed by atoms with Gasteiger partial charge in [-0.25, -0.2) is 4.98 Å². The number of aromatic nitrogens is 4. The van der Waals surface area contributed by atoms with Gasteiger partial charge in [0.05, 0.1) is 34.1 Å². The van der Waals surface area contributed by atoms with Crippen LogP contribution in [0.3, 0.4) is 0 Å². The summed E-state index contributed by atoms with van der Waals surface area (Å²) in [5.41, 5.74) is 4.23. The Balaban J connectivity index is 0.000000394. The van der Waals surface area contributed by atoms with Crippen molar-refractivity contribution in [2.24, 2.45) is 11.8 Å². The summed E-state index contributed by atoms with van der Waals surface area (Å²) in [4.78, 5) is 20.9. The van der Waals surface area contributed by atoms with Gasteiger partial charge in [-0.05, 0) is 51.8 Å². The fraction of sp³-hybridized carbons (Fsp3) is 0.472. The Labute approximate surface area is 275 Å². The Morgan fingerprint density at radius 1 is 0.930 bits per heavy atom. The molecule has 0 fully saturated rings. The van der Waals surface area contributed by atoms with E-state index in [1.165, 1.54) is 6.08 Å². The van der Waals surface area contributed by atoms with E-state index in [0.717, 1.165) is 53.3 Å². The molecule has 2 aromatic heterocycles. The van der Waals surface area contributed by atoms with Crippen LogP contribution in [-0.4, -0.2) is 31.1 Å². The van der Waals surface area contributed by atoms with E-state index in [1.807, 2.05) is 59.7 Å². The predicted molar refractivity (Wildman–Crippen MR) is 174 cm³/mol. The molecule has 0 aliphatic rings. The molecule has 4 aromatic rings. The molecule has 0 aliphatic carbocycles. The van der Waals surface area contributed by atoms with Crippen LogP contribution >= 0.6 is 0 Å². The molecule has 4 rings (SSSR count). The first-order valence-corrected chi connectivity index (χ1v) is 15.0. The SMILES string of the molecule is CCC(CC)C(=O)/C=C(\O)C(CC)CC.[2H]C([2H])([2H])c1nnc(-c2[c-]c3ccccc3c(C(C)(C)C)c2)c2nc(C)c(C)nc12.[Ir]. The Kier molecular flexibility index (Phi) is 11.4. The van der Waals surface area contributed by atoms with Crippen LogP contribution in [-0.2, 0) is 30.3 Å². The van der Waals surface area contributed by atoms with Gasteiger partial charge >= 0.3 is 0 Å². The van der Waals surface area contributed by atoms with Crippen LogP contribution in [0.15, 0.2) is 42.2 Å². The minimum absolute atomic E-state index is 0. The molecule has 0 bridgehead atoms. The maximum absolute atomic E-state index is 11.7. The molecule has 1 N–H and O–H groups in total. The Bertz CT molecular complexity index is 1690. The first-order chi connectivity index (χ1) is 21.1. The number of aliphatic hydroxyl groups is 1. The van der Waals surface area contributed by atoms with Gasteiger partial charge in [-0.3, -0.25) is 9.78 Å². The van der Waals surface area contributed by atoms with Crippen LogP contribution in [0.1, 0.15) is 101 Å². The van der Waals surface area contributed by atoms with Crippen molar-refractivity contribution in [1.29, 1.82) is 0 Å². The number of hydrogen-bond donors (Lipinski definition) is 1. The van der Waals surface area contributed by atoms with E-state index in [1.54, 1.807) is 0 Å². The number of rotatable bonds is 8. The summed E-state index contributed by atoms with van der Waals surface area (Å²) in [6.07, 6.45) is 4.91. The zero-order chi connectivity index (χ0) is 33.7. The largest absolute Gasteiger partial charge is 0.512 e. The van der Waals surface area contributed by atoms with Crippen molar-refractivity contribution < 1.29 is 34.1 Å². The summed E-state index contributed by atoms with van der Waals surface area (Å²) < 4.78 is 23.5. The van der Waals surface area contributed by atoms with Crippen LogP contribution in [0.2, 0.25) is 0 Å². The van der Waals surface area contributed by atoms with Gasteiger partial charge < -0.3 is 5.11 Å². The molecule has 0 unspecified atom stereocenters. The van der Waals surface area contributed by atoms with E-state index in [-0.39, 0.29) is 60.1 Å². The second kappa shape index (κ2) is 15.6. The number of carbonyl (C=O) groups is 1. The van der Waals surface area contributed by atoms with Crippen LogP contribution in [0, 0.1) is 38.6 Å². The molecule has 2 heterocycles. The zero-order valence-electron chi connectivity index (χ0n) is 29.9. The number of fused-ring (bicyclic) bond motifs is 2. The van der Waals surface area contributed by atoms with Crippen molar-refractivity contribution in [3.63, 3.8) is 0 Å². The normalized spacial score (nSPS) is 13.3. The number of carbonyl (C=O) groups excluding carboxylic acids is 1. The fourth-order valence-electron chi connectivity index (χ4n) is 5.07. The molecular weight excluding hydrogens is 713 g/mol. The summed E-state index contributed by atoms with van der Waals surface area (Å²) in [6.45, 7) is 15.8. The summed E-state index contributed by atoms with van der Waals surface area (Å²) in [5, 5.41) is 20.2. The summed E-state index contributed by atoms with van der Waals surface area (Å²) >= 11 is 0. The van der Waals surface area contributed by atoms with Crippen molar-refractivity contribution in [3.8, 4) is 11.3 Å². The topological polar surface area (TPSA) is 88.9 Å². The van der Waals surface area contributed by atoms with Gasteiger partial charge in [0, 0.05) is 42.1 Å². The van der Waals surface area contributed by atoms with E-state index in [2.05, 4.69) is 59.1 Å². The van der Waals surface area contributed by atoms with E-state index in [4.69, 9.17) is 4.11 Å². The Hall–Kier alpha value is -3.02. The van der Waals surface area contributed by atoms with Crippen molar-refractivity contribution in [2.75, 3.05) is 0 Å². The number of nitrogens with zero attached hydrogens (tertiary/aromatic N) is 4. The van der Waals surface area contributed by atoms with Gasteiger partial charge in [0.1, 0.15) is 5.52 Å². The quantitative estimate of drug-likeness (QED) is 0.110. The molecule has 0 saturated carbocycles. The molecule has 0 atom stereocenters. The standard InChI is InChI=1S/C23H23N4.C13H24O2.Ir/c1-13-14(2)25-22-20(24-13)15(3)26-27-21(22)17-11-16-9-7-8-10-18(16)19(12-17)23(4,5)6;1-5-10(6-2)12(14)9-13(15)11(7-3)8-4;/h7-10,12H,1-6H3;9-11,14H,5-8H2,1-4H3;/q-1;;/b;12-9-;/i3D3;;. The van der Waals surface area contributed by atoms with E-state index < -0.39 is 6.85 Å². The summed E-state index contributed by atoms with van der Waals surface area (Å²) in [5.74, 6) is 0.547. The van der Waals surface area contributed by atoms with E-state index in [9.17, 15) is 9.90 Å². The molecule has 6 nitrogen and oxygen atoms in total. The third-order valence-electron chi connectivity index (χ3n) is 7.93.